The third kappa shape index (κ3) is 3.09. The molecular weight excluding hydrogens is 335 g/mol. The van der Waals surface area contributed by atoms with Crippen LogP contribution in [0.2, 0.25) is 0 Å². The molecule has 3 rings (SSSR count). The number of amides is 1. The lowest BCUT2D eigenvalue weighted by Crippen LogP contribution is -2.48. The second-order valence-electron chi connectivity index (χ2n) is 4.77. The van der Waals surface area contributed by atoms with E-state index in [0.29, 0.717) is 36.2 Å². The number of halogens is 3. The summed E-state index contributed by atoms with van der Waals surface area (Å²) in [4.78, 5) is 20.0. The van der Waals surface area contributed by atoms with Crippen molar-refractivity contribution in [3.8, 4) is 0 Å². The van der Waals surface area contributed by atoms with Crippen molar-refractivity contribution in [1.29, 1.82) is 0 Å². The molecule has 0 bridgehead atoms. The van der Waals surface area contributed by atoms with E-state index in [-0.39, 0.29) is 5.91 Å². The Bertz CT molecular complexity index is 646. The molecule has 3 heterocycles. The Kier molecular flexibility index (Phi) is 4.09. The fraction of sp³-hybridized carbons (Fsp3) is 0.385. The van der Waals surface area contributed by atoms with E-state index in [1.54, 1.807) is 15.9 Å². The largest absolute Gasteiger partial charge is 0.434 e. The fourth-order valence-electron chi connectivity index (χ4n) is 2.20. The fourth-order valence-corrected chi connectivity index (χ4v) is 3.77. The van der Waals surface area contributed by atoms with Crippen LogP contribution in [-0.4, -0.2) is 42.0 Å². The minimum Gasteiger partial charge on any atom is -0.345 e. The molecule has 2 aromatic heterocycles. The Labute approximate surface area is 132 Å². The molecular formula is C13H12F3N3OS2. The van der Waals surface area contributed by atoms with E-state index >= 15 is 0 Å². The molecule has 2 aromatic rings. The number of aromatic nitrogens is 1. The summed E-state index contributed by atoms with van der Waals surface area (Å²) in [7, 11) is 0. The molecule has 1 aliphatic rings. The number of carbonyl (C=O) groups is 1. The maximum atomic E-state index is 12.6. The summed E-state index contributed by atoms with van der Waals surface area (Å²) < 4.78 is 37.7. The van der Waals surface area contributed by atoms with Crippen LogP contribution < -0.4 is 4.90 Å². The van der Waals surface area contributed by atoms with Gasteiger partial charge in [-0.25, -0.2) is 4.98 Å². The van der Waals surface area contributed by atoms with Gasteiger partial charge in [0, 0.05) is 31.6 Å². The van der Waals surface area contributed by atoms with Crippen LogP contribution in [0.4, 0.5) is 18.3 Å². The monoisotopic (exact) mass is 347 g/mol. The Hall–Kier alpha value is -1.61. The maximum Gasteiger partial charge on any atom is 0.434 e. The van der Waals surface area contributed by atoms with Gasteiger partial charge in [0.2, 0.25) is 0 Å². The van der Waals surface area contributed by atoms with E-state index in [4.69, 9.17) is 0 Å². The average molecular weight is 347 g/mol. The van der Waals surface area contributed by atoms with Crippen molar-refractivity contribution >= 4 is 33.7 Å². The number of hydrogen-bond acceptors (Lipinski definition) is 5. The highest BCUT2D eigenvalue weighted by molar-refractivity contribution is 7.13. The molecule has 0 spiro atoms. The summed E-state index contributed by atoms with van der Waals surface area (Å²) in [5.41, 5.74) is -0.857. The molecule has 0 unspecified atom stereocenters. The van der Waals surface area contributed by atoms with Crippen LogP contribution >= 0.6 is 22.7 Å². The first-order valence-electron chi connectivity index (χ1n) is 6.55. The maximum absolute atomic E-state index is 12.6. The number of anilines is 1. The van der Waals surface area contributed by atoms with Crippen molar-refractivity contribution in [2.24, 2.45) is 0 Å². The third-order valence-electron chi connectivity index (χ3n) is 3.35. The lowest BCUT2D eigenvalue weighted by atomic mass is 10.3. The van der Waals surface area contributed by atoms with Crippen molar-refractivity contribution < 1.29 is 18.0 Å². The molecule has 0 aliphatic carbocycles. The highest BCUT2D eigenvalue weighted by Crippen LogP contribution is 2.33. The highest BCUT2D eigenvalue weighted by Gasteiger charge is 2.34. The number of hydrogen-bond donors (Lipinski definition) is 0. The molecule has 1 aliphatic heterocycles. The van der Waals surface area contributed by atoms with Gasteiger partial charge >= 0.3 is 6.18 Å². The van der Waals surface area contributed by atoms with Gasteiger partial charge in [0.25, 0.3) is 5.91 Å². The van der Waals surface area contributed by atoms with Gasteiger partial charge in [0.15, 0.2) is 10.8 Å². The van der Waals surface area contributed by atoms with Crippen molar-refractivity contribution in [2.45, 2.75) is 6.18 Å². The van der Waals surface area contributed by atoms with E-state index in [9.17, 15) is 18.0 Å². The standard InChI is InChI=1S/C13H12F3N3OS2/c14-13(15,16)10-8-22-12(17-10)19-5-3-18(4-6-19)11(20)9-2-1-7-21-9/h1-2,7-8H,3-6H2. The summed E-state index contributed by atoms with van der Waals surface area (Å²) in [6.45, 7) is 1.94. The van der Waals surface area contributed by atoms with Gasteiger partial charge in [0.1, 0.15) is 0 Å². The molecule has 9 heteroatoms. The van der Waals surface area contributed by atoms with Crippen molar-refractivity contribution in [2.75, 3.05) is 31.1 Å². The minimum absolute atomic E-state index is 0.0234. The van der Waals surface area contributed by atoms with E-state index < -0.39 is 11.9 Å². The van der Waals surface area contributed by atoms with Crippen LogP contribution in [-0.2, 0) is 6.18 Å². The molecule has 22 heavy (non-hydrogen) atoms. The first kappa shape index (κ1) is 15.3. The number of rotatable bonds is 2. The van der Waals surface area contributed by atoms with Gasteiger partial charge in [-0.2, -0.15) is 13.2 Å². The number of thiophene rings is 1. The molecule has 1 saturated heterocycles. The number of alkyl halides is 3. The molecule has 0 radical (unpaired) electrons. The number of carbonyl (C=O) groups excluding carboxylic acids is 1. The zero-order valence-electron chi connectivity index (χ0n) is 11.3. The van der Waals surface area contributed by atoms with Crippen molar-refractivity contribution in [3.05, 3.63) is 33.5 Å². The van der Waals surface area contributed by atoms with Crippen LogP contribution in [0.1, 0.15) is 15.4 Å². The Morgan fingerprint density at radius 1 is 1.18 bits per heavy atom. The quantitative estimate of drug-likeness (QED) is 0.837. The smallest absolute Gasteiger partial charge is 0.345 e. The SMILES string of the molecule is O=C(c1cccs1)N1CCN(c2nc(C(F)(F)F)cs2)CC1. The van der Waals surface area contributed by atoms with Gasteiger partial charge in [-0.1, -0.05) is 6.07 Å². The zero-order chi connectivity index (χ0) is 15.7. The van der Waals surface area contributed by atoms with E-state index in [2.05, 4.69) is 4.98 Å². The van der Waals surface area contributed by atoms with Crippen LogP contribution in [0.15, 0.2) is 22.9 Å². The van der Waals surface area contributed by atoms with Gasteiger partial charge in [-0.05, 0) is 11.4 Å². The highest BCUT2D eigenvalue weighted by atomic mass is 32.1. The minimum atomic E-state index is -4.41. The van der Waals surface area contributed by atoms with Crippen molar-refractivity contribution in [3.63, 3.8) is 0 Å². The Morgan fingerprint density at radius 3 is 2.45 bits per heavy atom. The summed E-state index contributed by atoms with van der Waals surface area (Å²) in [5.74, 6) is -0.0234. The topological polar surface area (TPSA) is 36.4 Å². The molecule has 1 amide bonds. The predicted molar refractivity (Wildman–Crippen MR) is 79.6 cm³/mol. The molecule has 0 saturated carbocycles. The number of nitrogens with zero attached hydrogens (tertiary/aromatic N) is 3. The second kappa shape index (κ2) is 5.88. The van der Waals surface area contributed by atoms with E-state index in [1.807, 2.05) is 11.4 Å². The van der Waals surface area contributed by atoms with Crippen LogP contribution in [0.5, 0.6) is 0 Å². The first-order chi connectivity index (χ1) is 10.4. The summed E-state index contributed by atoms with van der Waals surface area (Å²) in [6.07, 6.45) is -4.41. The molecule has 0 N–H and O–H groups in total. The normalized spacial score (nSPS) is 16.1. The summed E-state index contributed by atoms with van der Waals surface area (Å²) in [6, 6.07) is 3.60. The molecule has 118 valence electrons. The summed E-state index contributed by atoms with van der Waals surface area (Å²) in [5, 5.41) is 3.23. The second-order valence-corrected chi connectivity index (χ2v) is 6.55. The van der Waals surface area contributed by atoms with Crippen LogP contribution in [0.3, 0.4) is 0 Å². The lowest BCUT2D eigenvalue weighted by molar-refractivity contribution is -0.140. The van der Waals surface area contributed by atoms with Gasteiger partial charge < -0.3 is 9.80 Å². The van der Waals surface area contributed by atoms with Gasteiger partial charge in [0.05, 0.1) is 4.88 Å². The zero-order valence-corrected chi connectivity index (χ0v) is 13.0. The van der Waals surface area contributed by atoms with Crippen molar-refractivity contribution in [1.82, 2.24) is 9.88 Å². The molecule has 0 aromatic carbocycles. The third-order valence-corrected chi connectivity index (χ3v) is 5.11. The van der Waals surface area contributed by atoms with E-state index in [0.717, 1.165) is 16.7 Å². The number of thiazole rings is 1. The Morgan fingerprint density at radius 2 is 1.91 bits per heavy atom. The van der Waals surface area contributed by atoms with Gasteiger partial charge in [-0.3, -0.25) is 4.79 Å². The Balaban J connectivity index is 1.62. The molecule has 4 nitrogen and oxygen atoms in total. The van der Waals surface area contributed by atoms with E-state index in [1.165, 1.54) is 11.3 Å². The first-order valence-corrected chi connectivity index (χ1v) is 8.31. The molecule has 0 atom stereocenters. The van der Waals surface area contributed by atoms with Gasteiger partial charge in [-0.15, -0.1) is 22.7 Å². The number of piperazine rings is 1. The van der Waals surface area contributed by atoms with Crippen LogP contribution in [0.25, 0.3) is 0 Å². The summed E-state index contributed by atoms with van der Waals surface area (Å²) >= 11 is 2.37. The average Bonchev–Trinajstić information content (AvgIpc) is 3.17. The van der Waals surface area contributed by atoms with Crippen LogP contribution in [0, 0.1) is 0 Å². The predicted octanol–water partition coefficient (Wildman–Crippen LogP) is 3.19. The lowest BCUT2D eigenvalue weighted by Gasteiger charge is -2.34. The molecule has 1 fully saturated rings.